The molecule has 1 saturated heterocycles. The van der Waals surface area contributed by atoms with Crippen molar-refractivity contribution >= 4 is 34.1 Å². The maximum Gasteiger partial charge on any atom is 0.269 e. The van der Waals surface area contributed by atoms with Gasteiger partial charge in [-0.05, 0) is 55.2 Å². The van der Waals surface area contributed by atoms with Crippen LogP contribution < -0.4 is 4.90 Å². The van der Waals surface area contributed by atoms with Gasteiger partial charge in [0.05, 0.1) is 22.1 Å². The molecule has 29 heavy (non-hydrogen) atoms. The normalized spacial score (nSPS) is 14.6. The molecule has 0 atom stereocenters. The first-order valence-electron chi connectivity index (χ1n) is 9.67. The number of hydrogen-bond acceptors (Lipinski definition) is 5. The fourth-order valence-electron chi connectivity index (χ4n) is 3.69. The minimum atomic E-state index is -0.443. The summed E-state index contributed by atoms with van der Waals surface area (Å²) in [5, 5.41) is 21.7. The van der Waals surface area contributed by atoms with Crippen molar-refractivity contribution in [1.29, 1.82) is 5.26 Å². The third-order valence-corrected chi connectivity index (χ3v) is 5.20. The van der Waals surface area contributed by atoms with Crippen LogP contribution in [0.15, 0.2) is 54.6 Å². The standard InChI is InChI=1S/C23H20N4O2/c24-16-20(17-8-10-21(11-9-17)27(28)29)15-19-14-18-6-2-3-7-22(18)25-23(19)26-12-4-1-5-13-26/h2-3,6-11,14-15H,1,4-5,12-13H2/b20-15-. The number of rotatable bonds is 4. The van der Waals surface area contributed by atoms with Gasteiger partial charge in [-0.2, -0.15) is 5.26 Å². The number of nitro benzene ring substituents is 1. The number of piperidine rings is 1. The number of nitriles is 1. The van der Waals surface area contributed by atoms with Gasteiger partial charge < -0.3 is 4.90 Å². The van der Waals surface area contributed by atoms with Gasteiger partial charge in [-0.25, -0.2) is 4.98 Å². The molecule has 2 aromatic carbocycles. The maximum atomic E-state index is 10.9. The van der Waals surface area contributed by atoms with Crippen molar-refractivity contribution < 1.29 is 4.92 Å². The number of nitro groups is 1. The van der Waals surface area contributed by atoms with Crippen molar-refractivity contribution in [2.45, 2.75) is 19.3 Å². The van der Waals surface area contributed by atoms with Crippen molar-refractivity contribution in [3.05, 3.63) is 75.8 Å². The summed E-state index contributed by atoms with van der Waals surface area (Å²) < 4.78 is 0. The molecule has 0 aliphatic carbocycles. The zero-order chi connectivity index (χ0) is 20.2. The molecule has 1 aliphatic rings. The Balaban J connectivity index is 1.81. The zero-order valence-electron chi connectivity index (χ0n) is 15.9. The van der Waals surface area contributed by atoms with Crippen LogP contribution in [0.25, 0.3) is 22.6 Å². The van der Waals surface area contributed by atoms with E-state index in [0.29, 0.717) is 11.1 Å². The summed E-state index contributed by atoms with van der Waals surface area (Å²) in [6.07, 6.45) is 5.32. The van der Waals surface area contributed by atoms with Gasteiger partial charge in [0.15, 0.2) is 0 Å². The Morgan fingerprint density at radius 2 is 1.83 bits per heavy atom. The van der Waals surface area contributed by atoms with Crippen LogP contribution >= 0.6 is 0 Å². The van der Waals surface area contributed by atoms with E-state index in [1.54, 1.807) is 12.1 Å². The van der Waals surface area contributed by atoms with Gasteiger partial charge in [-0.15, -0.1) is 0 Å². The van der Waals surface area contributed by atoms with Gasteiger partial charge in [0.25, 0.3) is 5.69 Å². The maximum absolute atomic E-state index is 10.9. The molecule has 144 valence electrons. The van der Waals surface area contributed by atoms with Gasteiger partial charge in [-0.1, -0.05) is 18.2 Å². The van der Waals surface area contributed by atoms with Crippen LogP contribution in [0.4, 0.5) is 11.5 Å². The van der Waals surface area contributed by atoms with Gasteiger partial charge in [0.1, 0.15) is 5.82 Å². The third kappa shape index (κ3) is 3.94. The van der Waals surface area contributed by atoms with Crippen LogP contribution in [0.3, 0.4) is 0 Å². The smallest absolute Gasteiger partial charge is 0.269 e. The predicted molar refractivity (Wildman–Crippen MR) is 114 cm³/mol. The summed E-state index contributed by atoms with van der Waals surface area (Å²) in [7, 11) is 0. The molecular formula is C23H20N4O2. The summed E-state index contributed by atoms with van der Waals surface area (Å²) in [5.74, 6) is 0.887. The fourth-order valence-corrected chi connectivity index (χ4v) is 3.69. The number of fused-ring (bicyclic) bond motifs is 1. The van der Waals surface area contributed by atoms with Crippen molar-refractivity contribution in [3.8, 4) is 6.07 Å². The zero-order valence-corrected chi connectivity index (χ0v) is 15.9. The number of para-hydroxylation sites is 1. The largest absolute Gasteiger partial charge is 0.356 e. The molecule has 0 unspecified atom stereocenters. The van der Waals surface area contributed by atoms with Crippen LogP contribution in [0.2, 0.25) is 0 Å². The Morgan fingerprint density at radius 1 is 1.10 bits per heavy atom. The molecule has 6 heteroatoms. The number of hydrogen-bond donors (Lipinski definition) is 0. The first kappa shape index (κ1) is 18.6. The molecular weight excluding hydrogens is 364 g/mol. The number of non-ortho nitro benzene ring substituents is 1. The molecule has 2 heterocycles. The number of pyridine rings is 1. The van der Waals surface area contributed by atoms with E-state index >= 15 is 0 Å². The van der Waals surface area contributed by atoms with Crippen molar-refractivity contribution in [2.24, 2.45) is 0 Å². The number of aromatic nitrogens is 1. The van der Waals surface area contributed by atoms with Crippen LogP contribution in [0.1, 0.15) is 30.4 Å². The molecule has 0 saturated carbocycles. The van der Waals surface area contributed by atoms with Gasteiger partial charge in [0.2, 0.25) is 0 Å². The Kier molecular flexibility index (Phi) is 5.21. The van der Waals surface area contributed by atoms with Crippen LogP contribution in [-0.4, -0.2) is 23.0 Å². The molecule has 0 radical (unpaired) electrons. The highest BCUT2D eigenvalue weighted by molar-refractivity contribution is 5.94. The van der Waals surface area contributed by atoms with E-state index in [4.69, 9.17) is 4.98 Å². The second-order valence-electron chi connectivity index (χ2n) is 7.12. The summed E-state index contributed by atoms with van der Waals surface area (Å²) in [6.45, 7) is 1.90. The first-order valence-corrected chi connectivity index (χ1v) is 9.67. The second kappa shape index (κ2) is 8.11. The van der Waals surface area contributed by atoms with Crippen molar-refractivity contribution in [2.75, 3.05) is 18.0 Å². The monoisotopic (exact) mass is 384 g/mol. The number of nitrogens with zero attached hydrogens (tertiary/aromatic N) is 4. The Labute approximate surface area is 168 Å². The Hall–Kier alpha value is -3.72. The Bertz CT molecular complexity index is 1120. The molecule has 1 aliphatic heterocycles. The average molecular weight is 384 g/mol. The summed E-state index contributed by atoms with van der Waals surface area (Å²) >= 11 is 0. The molecule has 0 bridgehead atoms. The summed E-state index contributed by atoms with van der Waals surface area (Å²) in [6, 6.07) is 18.3. The lowest BCUT2D eigenvalue weighted by molar-refractivity contribution is -0.384. The summed E-state index contributed by atoms with van der Waals surface area (Å²) in [5.41, 5.74) is 2.93. The molecule has 1 aromatic heterocycles. The highest BCUT2D eigenvalue weighted by Crippen LogP contribution is 2.30. The SMILES string of the molecule is N#C/C(=C/c1cc2ccccc2nc1N1CCCCC1)c1ccc([N+](=O)[O-])cc1. The molecule has 0 amide bonds. The van der Waals surface area contributed by atoms with Crippen molar-refractivity contribution in [1.82, 2.24) is 4.98 Å². The van der Waals surface area contributed by atoms with E-state index in [9.17, 15) is 15.4 Å². The summed E-state index contributed by atoms with van der Waals surface area (Å²) in [4.78, 5) is 17.6. The van der Waals surface area contributed by atoms with E-state index in [1.807, 2.05) is 30.3 Å². The van der Waals surface area contributed by atoms with E-state index in [1.165, 1.54) is 18.6 Å². The van der Waals surface area contributed by atoms with E-state index in [-0.39, 0.29) is 5.69 Å². The minimum absolute atomic E-state index is 0.00687. The topological polar surface area (TPSA) is 83.1 Å². The molecule has 4 rings (SSSR count). The quantitative estimate of drug-likeness (QED) is 0.351. The lowest BCUT2D eigenvalue weighted by Gasteiger charge is -2.29. The number of anilines is 1. The lowest BCUT2D eigenvalue weighted by atomic mass is 10.0. The number of benzene rings is 2. The van der Waals surface area contributed by atoms with Gasteiger partial charge in [0, 0.05) is 36.2 Å². The lowest BCUT2D eigenvalue weighted by Crippen LogP contribution is -2.30. The average Bonchev–Trinajstić information content (AvgIpc) is 2.77. The molecule has 3 aromatic rings. The molecule has 0 N–H and O–H groups in total. The highest BCUT2D eigenvalue weighted by Gasteiger charge is 2.17. The van der Waals surface area contributed by atoms with Crippen molar-refractivity contribution in [3.63, 3.8) is 0 Å². The fraction of sp³-hybridized carbons (Fsp3) is 0.217. The Morgan fingerprint density at radius 3 is 2.52 bits per heavy atom. The molecule has 0 spiro atoms. The van der Waals surface area contributed by atoms with E-state index < -0.39 is 4.92 Å². The minimum Gasteiger partial charge on any atom is -0.356 e. The third-order valence-electron chi connectivity index (χ3n) is 5.20. The van der Waals surface area contributed by atoms with Crippen LogP contribution in [0.5, 0.6) is 0 Å². The molecule has 6 nitrogen and oxygen atoms in total. The van der Waals surface area contributed by atoms with Crippen LogP contribution in [0, 0.1) is 21.4 Å². The van der Waals surface area contributed by atoms with Gasteiger partial charge in [-0.3, -0.25) is 10.1 Å². The predicted octanol–water partition coefficient (Wildman–Crippen LogP) is 5.20. The first-order chi connectivity index (χ1) is 14.2. The second-order valence-corrected chi connectivity index (χ2v) is 7.12. The van der Waals surface area contributed by atoms with E-state index in [2.05, 4.69) is 17.0 Å². The number of allylic oxidation sites excluding steroid dienone is 1. The van der Waals surface area contributed by atoms with Crippen LogP contribution in [-0.2, 0) is 0 Å². The highest BCUT2D eigenvalue weighted by atomic mass is 16.6. The van der Waals surface area contributed by atoms with E-state index in [0.717, 1.165) is 48.2 Å². The molecule has 1 fully saturated rings. The van der Waals surface area contributed by atoms with Gasteiger partial charge >= 0.3 is 0 Å².